The minimum absolute atomic E-state index is 0.0219. The number of benzene rings is 1. The Hall–Kier alpha value is -2.56. The molecule has 20 heavy (non-hydrogen) atoms. The van der Waals surface area contributed by atoms with E-state index in [1.54, 1.807) is 11.0 Å². The summed E-state index contributed by atoms with van der Waals surface area (Å²) in [5.41, 5.74) is 1.33. The van der Waals surface area contributed by atoms with Gasteiger partial charge < -0.3 is 14.6 Å². The number of anilines is 1. The summed E-state index contributed by atoms with van der Waals surface area (Å²) in [5.74, 6) is -0.194. The second-order valence-electron chi connectivity index (χ2n) is 4.73. The van der Waals surface area contributed by atoms with Crippen LogP contribution in [0.4, 0.5) is 5.69 Å². The van der Waals surface area contributed by atoms with Crippen molar-refractivity contribution in [3.8, 4) is 0 Å². The average molecular weight is 270 g/mol. The molecule has 2 heterocycles. The summed E-state index contributed by atoms with van der Waals surface area (Å²) in [4.78, 5) is 25.6. The molecular weight excluding hydrogens is 256 g/mol. The van der Waals surface area contributed by atoms with Gasteiger partial charge in [-0.2, -0.15) is 0 Å². The van der Waals surface area contributed by atoms with Crippen molar-refractivity contribution in [1.82, 2.24) is 5.32 Å². The van der Waals surface area contributed by atoms with Gasteiger partial charge in [0.05, 0.1) is 17.9 Å². The minimum Gasteiger partial charge on any atom is -0.472 e. The van der Waals surface area contributed by atoms with Crippen LogP contribution >= 0.6 is 0 Å². The van der Waals surface area contributed by atoms with Gasteiger partial charge in [0.1, 0.15) is 6.26 Å². The van der Waals surface area contributed by atoms with Crippen LogP contribution in [0, 0.1) is 0 Å². The zero-order valence-corrected chi connectivity index (χ0v) is 10.8. The molecule has 2 aromatic rings. The normalized spacial score (nSPS) is 18.3. The lowest BCUT2D eigenvalue weighted by Crippen LogP contribution is -2.37. The molecule has 5 heteroatoms. The smallest absolute Gasteiger partial charge is 0.254 e. The zero-order chi connectivity index (χ0) is 13.9. The van der Waals surface area contributed by atoms with E-state index in [4.69, 9.17) is 4.42 Å². The fraction of sp³-hybridized carbons (Fsp3) is 0.200. The Bertz CT molecular complexity index is 607. The van der Waals surface area contributed by atoms with Crippen molar-refractivity contribution in [1.29, 1.82) is 0 Å². The Morgan fingerprint density at radius 3 is 2.75 bits per heavy atom. The lowest BCUT2D eigenvalue weighted by atomic mass is 10.2. The second kappa shape index (κ2) is 5.21. The molecule has 1 aromatic heterocycles. The van der Waals surface area contributed by atoms with Gasteiger partial charge in [-0.15, -0.1) is 0 Å². The molecule has 1 aromatic carbocycles. The van der Waals surface area contributed by atoms with Gasteiger partial charge in [-0.25, -0.2) is 0 Å². The van der Waals surface area contributed by atoms with Crippen molar-refractivity contribution in [2.75, 3.05) is 11.4 Å². The summed E-state index contributed by atoms with van der Waals surface area (Å²) in [7, 11) is 0. The predicted octanol–water partition coefficient (Wildman–Crippen LogP) is 1.81. The number of nitrogens with one attached hydrogen (secondary N) is 1. The zero-order valence-electron chi connectivity index (χ0n) is 10.8. The van der Waals surface area contributed by atoms with Gasteiger partial charge in [0, 0.05) is 18.7 Å². The van der Waals surface area contributed by atoms with E-state index in [2.05, 4.69) is 5.32 Å². The lowest BCUT2D eigenvalue weighted by molar-refractivity contribution is -0.117. The first-order valence-corrected chi connectivity index (χ1v) is 6.42. The molecule has 0 unspecified atom stereocenters. The molecule has 1 atom stereocenters. The second-order valence-corrected chi connectivity index (χ2v) is 4.73. The Morgan fingerprint density at radius 1 is 1.25 bits per heavy atom. The van der Waals surface area contributed by atoms with Crippen LogP contribution in [0.3, 0.4) is 0 Å². The molecule has 1 fully saturated rings. The molecule has 0 aliphatic carbocycles. The third-order valence-corrected chi connectivity index (χ3v) is 3.31. The Balaban J connectivity index is 1.67. The van der Waals surface area contributed by atoms with E-state index in [0.29, 0.717) is 18.5 Å². The van der Waals surface area contributed by atoms with Gasteiger partial charge in [-0.05, 0) is 18.2 Å². The summed E-state index contributed by atoms with van der Waals surface area (Å²) in [6.45, 7) is 0.492. The highest BCUT2D eigenvalue weighted by Crippen LogP contribution is 2.21. The van der Waals surface area contributed by atoms with Crippen molar-refractivity contribution in [2.45, 2.75) is 12.5 Å². The van der Waals surface area contributed by atoms with E-state index in [9.17, 15) is 9.59 Å². The molecular formula is C15H14N2O3. The Morgan fingerprint density at radius 2 is 2.05 bits per heavy atom. The van der Waals surface area contributed by atoms with E-state index in [0.717, 1.165) is 5.69 Å². The molecule has 1 aliphatic heterocycles. The highest BCUT2D eigenvalue weighted by atomic mass is 16.3. The van der Waals surface area contributed by atoms with Crippen LogP contribution in [0.15, 0.2) is 53.3 Å². The molecule has 0 saturated carbocycles. The molecule has 1 N–H and O–H groups in total. The summed E-state index contributed by atoms with van der Waals surface area (Å²) in [6, 6.07) is 10.9. The number of rotatable bonds is 3. The minimum atomic E-state index is -0.216. The number of nitrogens with zero attached hydrogens (tertiary/aromatic N) is 1. The lowest BCUT2D eigenvalue weighted by Gasteiger charge is -2.16. The van der Waals surface area contributed by atoms with Crippen molar-refractivity contribution >= 4 is 17.5 Å². The van der Waals surface area contributed by atoms with Crippen LogP contribution in [0.25, 0.3) is 0 Å². The standard InChI is InChI=1S/C15H14N2O3/c18-14-8-12(16-15(19)11-6-7-20-10-11)9-17(14)13-4-2-1-3-5-13/h1-7,10,12H,8-9H2,(H,16,19)/t12-/m1/s1. The number of hydrogen-bond donors (Lipinski definition) is 1. The van der Waals surface area contributed by atoms with Crippen molar-refractivity contribution in [3.63, 3.8) is 0 Å². The largest absolute Gasteiger partial charge is 0.472 e. The van der Waals surface area contributed by atoms with E-state index in [1.807, 2.05) is 30.3 Å². The molecule has 3 rings (SSSR count). The van der Waals surface area contributed by atoms with E-state index < -0.39 is 0 Å². The highest BCUT2D eigenvalue weighted by molar-refractivity contribution is 5.98. The fourth-order valence-corrected chi connectivity index (χ4v) is 2.32. The van der Waals surface area contributed by atoms with Crippen molar-refractivity contribution in [2.24, 2.45) is 0 Å². The predicted molar refractivity (Wildman–Crippen MR) is 73.4 cm³/mol. The Kier molecular flexibility index (Phi) is 3.25. The van der Waals surface area contributed by atoms with Crippen LogP contribution in [-0.2, 0) is 4.79 Å². The summed E-state index contributed by atoms with van der Waals surface area (Å²) in [5, 5.41) is 2.85. The maximum atomic E-state index is 12.0. The van der Waals surface area contributed by atoms with Gasteiger partial charge in [-0.3, -0.25) is 9.59 Å². The number of carbonyl (C=O) groups is 2. The molecule has 1 aliphatic rings. The van der Waals surface area contributed by atoms with Gasteiger partial charge in [0.15, 0.2) is 0 Å². The van der Waals surface area contributed by atoms with Gasteiger partial charge in [0.2, 0.25) is 5.91 Å². The number of carbonyl (C=O) groups excluding carboxylic acids is 2. The molecule has 2 amide bonds. The number of hydrogen-bond acceptors (Lipinski definition) is 3. The summed E-state index contributed by atoms with van der Waals surface area (Å²) >= 11 is 0. The highest BCUT2D eigenvalue weighted by Gasteiger charge is 2.31. The third kappa shape index (κ3) is 2.42. The van der Waals surface area contributed by atoms with E-state index in [-0.39, 0.29) is 17.9 Å². The fourth-order valence-electron chi connectivity index (χ4n) is 2.32. The van der Waals surface area contributed by atoms with Crippen LogP contribution in [0.2, 0.25) is 0 Å². The van der Waals surface area contributed by atoms with Crippen LogP contribution < -0.4 is 10.2 Å². The monoisotopic (exact) mass is 270 g/mol. The first kappa shape index (κ1) is 12.5. The van der Waals surface area contributed by atoms with Gasteiger partial charge in [-0.1, -0.05) is 18.2 Å². The van der Waals surface area contributed by atoms with E-state index >= 15 is 0 Å². The third-order valence-electron chi connectivity index (χ3n) is 3.31. The number of para-hydroxylation sites is 1. The quantitative estimate of drug-likeness (QED) is 0.925. The number of furan rings is 1. The molecule has 0 bridgehead atoms. The average Bonchev–Trinajstić information content (AvgIpc) is 3.09. The van der Waals surface area contributed by atoms with Crippen molar-refractivity contribution in [3.05, 3.63) is 54.5 Å². The van der Waals surface area contributed by atoms with Crippen LogP contribution in [0.5, 0.6) is 0 Å². The first-order valence-electron chi connectivity index (χ1n) is 6.42. The molecule has 102 valence electrons. The SMILES string of the molecule is O=C(N[C@@H]1CC(=O)N(c2ccccc2)C1)c1ccoc1. The maximum Gasteiger partial charge on any atom is 0.254 e. The summed E-state index contributed by atoms with van der Waals surface area (Å²) in [6.07, 6.45) is 3.16. The van der Waals surface area contributed by atoms with Gasteiger partial charge >= 0.3 is 0 Å². The maximum absolute atomic E-state index is 12.0. The molecule has 1 saturated heterocycles. The van der Waals surface area contributed by atoms with Crippen LogP contribution in [-0.4, -0.2) is 24.4 Å². The molecule has 5 nitrogen and oxygen atoms in total. The first-order chi connectivity index (χ1) is 9.74. The molecule has 0 spiro atoms. The summed E-state index contributed by atoms with van der Waals surface area (Å²) < 4.78 is 4.87. The van der Waals surface area contributed by atoms with Crippen molar-refractivity contribution < 1.29 is 14.0 Å². The number of amides is 2. The van der Waals surface area contributed by atoms with E-state index in [1.165, 1.54) is 12.5 Å². The van der Waals surface area contributed by atoms with Crippen LogP contribution in [0.1, 0.15) is 16.8 Å². The van der Waals surface area contributed by atoms with Gasteiger partial charge in [0.25, 0.3) is 5.91 Å². The molecule has 0 radical (unpaired) electrons. The topological polar surface area (TPSA) is 62.6 Å². The Labute approximate surface area is 116 Å².